The van der Waals surface area contributed by atoms with Gasteiger partial charge in [0.25, 0.3) is 5.91 Å². The first-order valence-electron chi connectivity index (χ1n) is 7.08. The van der Waals surface area contributed by atoms with Gasteiger partial charge in [0.2, 0.25) is 0 Å². The summed E-state index contributed by atoms with van der Waals surface area (Å²) in [7, 11) is 1.77. The van der Waals surface area contributed by atoms with Gasteiger partial charge < -0.3 is 20.1 Å². The molecule has 3 rings (SSSR count). The molecule has 1 fully saturated rings. The molecule has 1 saturated carbocycles. The Morgan fingerprint density at radius 2 is 2.35 bits per heavy atom. The normalized spacial score (nSPS) is 24.9. The van der Waals surface area contributed by atoms with E-state index >= 15 is 0 Å². The van der Waals surface area contributed by atoms with Crippen LogP contribution in [0.3, 0.4) is 0 Å². The van der Waals surface area contributed by atoms with Crippen molar-refractivity contribution in [3.8, 4) is 5.75 Å². The third kappa shape index (κ3) is 2.78. The van der Waals surface area contributed by atoms with Crippen molar-refractivity contribution >= 4 is 11.6 Å². The molecule has 1 aliphatic carbocycles. The van der Waals surface area contributed by atoms with Crippen molar-refractivity contribution in [3.05, 3.63) is 23.8 Å². The first-order valence-corrected chi connectivity index (χ1v) is 7.08. The predicted molar refractivity (Wildman–Crippen MR) is 75.8 cm³/mol. The lowest BCUT2D eigenvalue weighted by atomic mass is 10.1. The number of amides is 1. The van der Waals surface area contributed by atoms with Crippen LogP contribution in [0.5, 0.6) is 5.75 Å². The number of rotatable bonds is 4. The van der Waals surface area contributed by atoms with E-state index in [0.717, 1.165) is 36.4 Å². The quantitative estimate of drug-likeness (QED) is 0.878. The Kier molecular flexibility index (Phi) is 3.89. The van der Waals surface area contributed by atoms with Crippen LogP contribution in [0.1, 0.15) is 24.8 Å². The summed E-state index contributed by atoms with van der Waals surface area (Å²) in [5.74, 6) is 0.641. The SMILES string of the molecule is COC1CCCC1NCc1ccc2c(c1)NC(=O)CO2. The standard InChI is InChI=1S/C15H20N2O3/c1-19-13-4-2-3-11(13)16-8-10-5-6-14-12(7-10)17-15(18)9-20-14/h5-7,11,13,16H,2-4,8-9H2,1H3,(H,17,18). The van der Waals surface area contributed by atoms with Crippen LogP contribution in [-0.4, -0.2) is 31.8 Å². The maximum Gasteiger partial charge on any atom is 0.262 e. The lowest BCUT2D eigenvalue weighted by molar-refractivity contribution is -0.118. The summed E-state index contributed by atoms with van der Waals surface area (Å²) >= 11 is 0. The molecule has 1 heterocycles. The topological polar surface area (TPSA) is 59.6 Å². The Morgan fingerprint density at radius 3 is 3.20 bits per heavy atom. The zero-order chi connectivity index (χ0) is 13.9. The van der Waals surface area contributed by atoms with Crippen LogP contribution >= 0.6 is 0 Å². The van der Waals surface area contributed by atoms with Gasteiger partial charge in [0.05, 0.1) is 11.8 Å². The molecule has 0 bridgehead atoms. The van der Waals surface area contributed by atoms with Crippen molar-refractivity contribution in [3.63, 3.8) is 0 Å². The molecule has 2 N–H and O–H groups in total. The van der Waals surface area contributed by atoms with E-state index < -0.39 is 0 Å². The largest absolute Gasteiger partial charge is 0.482 e. The number of hydrogen-bond acceptors (Lipinski definition) is 4. The molecule has 1 aromatic carbocycles. The van der Waals surface area contributed by atoms with E-state index in [-0.39, 0.29) is 12.5 Å². The molecule has 0 radical (unpaired) electrons. The van der Waals surface area contributed by atoms with Crippen LogP contribution in [0.25, 0.3) is 0 Å². The number of methoxy groups -OCH3 is 1. The maximum absolute atomic E-state index is 11.3. The van der Waals surface area contributed by atoms with Gasteiger partial charge in [-0.2, -0.15) is 0 Å². The summed E-state index contributed by atoms with van der Waals surface area (Å²) < 4.78 is 10.8. The zero-order valence-electron chi connectivity index (χ0n) is 11.6. The molecule has 1 amide bonds. The van der Waals surface area contributed by atoms with Gasteiger partial charge in [-0.25, -0.2) is 0 Å². The van der Waals surface area contributed by atoms with E-state index in [4.69, 9.17) is 9.47 Å². The zero-order valence-corrected chi connectivity index (χ0v) is 11.6. The fraction of sp³-hybridized carbons (Fsp3) is 0.533. The number of fused-ring (bicyclic) bond motifs is 1. The summed E-state index contributed by atoms with van der Waals surface area (Å²) in [6.45, 7) is 0.871. The molecular weight excluding hydrogens is 256 g/mol. The van der Waals surface area contributed by atoms with Crippen molar-refractivity contribution in [2.45, 2.75) is 38.0 Å². The van der Waals surface area contributed by atoms with Gasteiger partial charge in [0, 0.05) is 19.7 Å². The van der Waals surface area contributed by atoms with Crippen molar-refractivity contribution < 1.29 is 14.3 Å². The third-order valence-corrected chi connectivity index (χ3v) is 4.00. The highest BCUT2D eigenvalue weighted by atomic mass is 16.5. The molecule has 2 unspecified atom stereocenters. The third-order valence-electron chi connectivity index (χ3n) is 4.00. The minimum absolute atomic E-state index is 0.0992. The van der Waals surface area contributed by atoms with Crippen molar-refractivity contribution in [1.82, 2.24) is 5.32 Å². The number of nitrogens with one attached hydrogen (secondary N) is 2. The number of carbonyl (C=O) groups is 1. The van der Waals surface area contributed by atoms with Crippen molar-refractivity contribution in [2.24, 2.45) is 0 Å². The lowest BCUT2D eigenvalue weighted by Crippen LogP contribution is -2.36. The van der Waals surface area contributed by atoms with Gasteiger partial charge in [-0.15, -0.1) is 0 Å². The monoisotopic (exact) mass is 276 g/mol. The molecule has 1 aromatic rings. The molecule has 0 aromatic heterocycles. The number of carbonyl (C=O) groups excluding carboxylic acids is 1. The molecular formula is C15H20N2O3. The van der Waals surface area contributed by atoms with Gasteiger partial charge in [-0.05, 0) is 37.0 Å². The van der Waals surface area contributed by atoms with Crippen molar-refractivity contribution in [2.75, 3.05) is 19.0 Å². The average molecular weight is 276 g/mol. The van der Waals surface area contributed by atoms with E-state index in [1.165, 1.54) is 6.42 Å². The Morgan fingerprint density at radius 1 is 1.45 bits per heavy atom. The Hall–Kier alpha value is -1.59. The van der Waals surface area contributed by atoms with E-state index in [9.17, 15) is 4.79 Å². The summed E-state index contributed by atoms with van der Waals surface area (Å²) in [5.41, 5.74) is 1.89. The molecule has 5 nitrogen and oxygen atoms in total. The van der Waals surface area contributed by atoms with Crippen LogP contribution in [0, 0.1) is 0 Å². The van der Waals surface area contributed by atoms with Gasteiger partial charge in [-0.3, -0.25) is 4.79 Å². The van der Waals surface area contributed by atoms with Gasteiger partial charge in [-0.1, -0.05) is 6.07 Å². The first kappa shape index (κ1) is 13.4. The summed E-state index contributed by atoms with van der Waals surface area (Å²) in [4.78, 5) is 11.3. The predicted octanol–water partition coefficient (Wildman–Crippen LogP) is 1.67. The highest BCUT2D eigenvalue weighted by molar-refractivity contribution is 5.95. The molecule has 2 aliphatic rings. The second-order valence-electron chi connectivity index (χ2n) is 5.36. The second kappa shape index (κ2) is 5.81. The molecule has 0 spiro atoms. The molecule has 20 heavy (non-hydrogen) atoms. The molecule has 5 heteroatoms. The minimum Gasteiger partial charge on any atom is -0.482 e. The van der Waals surface area contributed by atoms with Crippen LogP contribution in [-0.2, 0) is 16.1 Å². The van der Waals surface area contributed by atoms with Gasteiger partial charge >= 0.3 is 0 Å². The Bertz CT molecular complexity index is 504. The molecule has 2 atom stereocenters. The molecule has 0 saturated heterocycles. The average Bonchev–Trinajstić information content (AvgIpc) is 2.92. The first-order chi connectivity index (χ1) is 9.76. The smallest absolute Gasteiger partial charge is 0.262 e. The Balaban J connectivity index is 1.63. The van der Waals surface area contributed by atoms with Crippen LogP contribution < -0.4 is 15.4 Å². The fourth-order valence-corrected chi connectivity index (χ4v) is 2.93. The number of benzene rings is 1. The summed E-state index contributed by atoms with van der Waals surface area (Å²) in [5, 5.41) is 6.37. The van der Waals surface area contributed by atoms with Gasteiger partial charge in [0.15, 0.2) is 6.61 Å². The van der Waals surface area contributed by atoms with E-state index in [1.807, 2.05) is 18.2 Å². The highest BCUT2D eigenvalue weighted by Crippen LogP contribution is 2.29. The van der Waals surface area contributed by atoms with E-state index in [1.54, 1.807) is 7.11 Å². The summed E-state index contributed by atoms with van der Waals surface area (Å²) in [6.07, 6.45) is 3.81. The molecule has 1 aliphatic heterocycles. The highest BCUT2D eigenvalue weighted by Gasteiger charge is 2.26. The van der Waals surface area contributed by atoms with E-state index in [2.05, 4.69) is 10.6 Å². The second-order valence-corrected chi connectivity index (χ2v) is 5.36. The van der Waals surface area contributed by atoms with Gasteiger partial charge in [0.1, 0.15) is 5.75 Å². The van der Waals surface area contributed by atoms with Crippen LogP contribution in [0.4, 0.5) is 5.69 Å². The maximum atomic E-state index is 11.3. The minimum atomic E-state index is -0.0992. The Labute approximate surface area is 118 Å². The summed E-state index contributed by atoms with van der Waals surface area (Å²) in [6, 6.07) is 6.33. The van der Waals surface area contributed by atoms with E-state index in [0.29, 0.717) is 12.1 Å². The molecule has 108 valence electrons. The van der Waals surface area contributed by atoms with Crippen molar-refractivity contribution in [1.29, 1.82) is 0 Å². The number of ether oxygens (including phenoxy) is 2. The number of hydrogen-bond donors (Lipinski definition) is 2. The fourth-order valence-electron chi connectivity index (χ4n) is 2.93. The lowest BCUT2D eigenvalue weighted by Gasteiger charge is -2.21. The van der Waals surface area contributed by atoms with Crippen LogP contribution in [0.2, 0.25) is 0 Å². The number of anilines is 1. The van der Waals surface area contributed by atoms with Crippen LogP contribution in [0.15, 0.2) is 18.2 Å².